The van der Waals surface area contributed by atoms with Crippen LogP contribution in [-0.4, -0.2) is 35.4 Å². The van der Waals surface area contributed by atoms with Crippen LogP contribution in [0.15, 0.2) is 48.5 Å². The maximum atomic E-state index is 6.00. The Labute approximate surface area is 170 Å². The maximum absolute atomic E-state index is 6.00. The number of aromatic nitrogens is 6. The second-order valence-electron chi connectivity index (χ2n) is 5.87. The molecular formula is C18H18N10O2. The molecule has 0 aliphatic heterocycles. The molecule has 0 unspecified atom stereocenters. The lowest BCUT2D eigenvalue weighted by Gasteiger charge is -2.11. The number of hydrogen-bond acceptors (Lipinski definition) is 11. The summed E-state index contributed by atoms with van der Waals surface area (Å²) in [5.74, 6) is 1.96. The Balaban J connectivity index is 0.00000256. The van der Waals surface area contributed by atoms with Gasteiger partial charge in [-0.15, -0.1) is 0 Å². The summed E-state index contributed by atoms with van der Waals surface area (Å²) in [7, 11) is 0. The molecule has 0 spiro atoms. The van der Waals surface area contributed by atoms with E-state index in [9.17, 15) is 0 Å². The van der Waals surface area contributed by atoms with Crippen LogP contribution < -0.4 is 27.7 Å². The Hall–Kier alpha value is -4.58. The molecule has 0 amide bonds. The quantitative estimate of drug-likeness (QED) is 0.369. The average Bonchev–Trinajstić information content (AvgIpc) is 2.67. The summed E-state index contributed by atoms with van der Waals surface area (Å²) in [5, 5.41) is 0. The van der Waals surface area contributed by atoms with Gasteiger partial charge in [0, 0.05) is 5.56 Å². The van der Waals surface area contributed by atoms with Crippen molar-refractivity contribution in [2.24, 2.45) is 0 Å². The third-order valence-electron chi connectivity index (χ3n) is 3.81. The fraction of sp³-hybridized carbons (Fsp3) is 0. The highest BCUT2D eigenvalue weighted by atomic mass is 16.5. The second-order valence-corrected chi connectivity index (χ2v) is 5.87. The first-order valence-corrected chi connectivity index (χ1v) is 8.39. The lowest BCUT2D eigenvalue weighted by molar-refractivity contribution is 0.484. The minimum absolute atomic E-state index is 0. The van der Waals surface area contributed by atoms with E-state index in [4.69, 9.17) is 27.7 Å². The van der Waals surface area contributed by atoms with Crippen molar-refractivity contribution in [3.8, 4) is 34.3 Å². The van der Waals surface area contributed by atoms with Gasteiger partial charge in [0.25, 0.3) is 0 Å². The number of ether oxygens (including phenoxy) is 1. The molecular weight excluding hydrogens is 388 g/mol. The van der Waals surface area contributed by atoms with Crippen LogP contribution in [0, 0.1) is 0 Å². The molecule has 12 nitrogen and oxygen atoms in total. The molecule has 0 saturated heterocycles. The molecule has 10 N–H and O–H groups in total. The summed E-state index contributed by atoms with van der Waals surface area (Å²) in [5.41, 5.74) is 23.9. The van der Waals surface area contributed by atoms with Gasteiger partial charge in [-0.05, 0) is 36.4 Å². The summed E-state index contributed by atoms with van der Waals surface area (Å²) in [6.07, 6.45) is 0. The summed E-state index contributed by atoms with van der Waals surface area (Å²) < 4.78 is 6.00. The van der Waals surface area contributed by atoms with Crippen LogP contribution in [0.3, 0.4) is 0 Å². The normalized spacial score (nSPS) is 10.3. The average molecular weight is 406 g/mol. The Kier molecular flexibility index (Phi) is 5.51. The lowest BCUT2D eigenvalue weighted by Crippen LogP contribution is -2.04. The SMILES string of the molecule is Nc1nc(N)nc(-c2ccc(Oc3ccccc3-c3nc(N)nc(N)n3)cc2)n1.O. The molecule has 0 fully saturated rings. The monoisotopic (exact) mass is 406 g/mol. The number of nitrogens with zero attached hydrogens (tertiary/aromatic N) is 6. The third kappa shape index (κ3) is 4.28. The molecule has 0 atom stereocenters. The van der Waals surface area contributed by atoms with Crippen LogP contribution in [0.1, 0.15) is 0 Å². The molecule has 2 heterocycles. The molecule has 2 aromatic carbocycles. The summed E-state index contributed by atoms with van der Waals surface area (Å²) in [6.45, 7) is 0. The standard InChI is InChI=1S/C18H16N10O.H2O/c19-15-23-13(24-16(20)27-15)9-5-7-10(8-6-9)29-12-4-2-1-3-11(12)14-25-17(21)28-18(22)26-14;/h1-8H,(H4,19,20,23,24,27)(H4,21,22,25,26,28);1H2. The van der Waals surface area contributed by atoms with Crippen LogP contribution in [0.4, 0.5) is 23.8 Å². The van der Waals surface area contributed by atoms with Crippen molar-refractivity contribution in [3.63, 3.8) is 0 Å². The predicted octanol–water partition coefficient (Wildman–Crippen LogP) is 0.687. The van der Waals surface area contributed by atoms with Crippen molar-refractivity contribution in [1.29, 1.82) is 0 Å². The molecule has 152 valence electrons. The fourth-order valence-corrected chi connectivity index (χ4v) is 2.61. The van der Waals surface area contributed by atoms with Gasteiger partial charge in [0.05, 0.1) is 5.56 Å². The number of hydrogen-bond donors (Lipinski definition) is 4. The van der Waals surface area contributed by atoms with Gasteiger partial charge < -0.3 is 33.1 Å². The van der Waals surface area contributed by atoms with Crippen LogP contribution in [0.25, 0.3) is 22.8 Å². The Bertz CT molecular complexity index is 1140. The van der Waals surface area contributed by atoms with E-state index < -0.39 is 0 Å². The minimum Gasteiger partial charge on any atom is -0.457 e. The van der Waals surface area contributed by atoms with Crippen molar-refractivity contribution in [3.05, 3.63) is 48.5 Å². The van der Waals surface area contributed by atoms with E-state index >= 15 is 0 Å². The molecule has 0 saturated carbocycles. The number of rotatable bonds is 4. The highest BCUT2D eigenvalue weighted by Gasteiger charge is 2.12. The zero-order valence-electron chi connectivity index (χ0n) is 15.5. The van der Waals surface area contributed by atoms with Crippen LogP contribution in [0.5, 0.6) is 11.5 Å². The van der Waals surface area contributed by atoms with E-state index in [-0.39, 0.29) is 29.3 Å². The summed E-state index contributed by atoms with van der Waals surface area (Å²) in [6, 6.07) is 14.3. The summed E-state index contributed by atoms with van der Waals surface area (Å²) in [4.78, 5) is 23.9. The van der Waals surface area contributed by atoms with E-state index in [1.807, 2.05) is 12.1 Å². The highest BCUT2D eigenvalue weighted by molar-refractivity contribution is 5.66. The largest absolute Gasteiger partial charge is 0.457 e. The van der Waals surface area contributed by atoms with Crippen molar-refractivity contribution in [1.82, 2.24) is 29.9 Å². The van der Waals surface area contributed by atoms with Gasteiger partial charge in [-0.3, -0.25) is 0 Å². The zero-order chi connectivity index (χ0) is 20.4. The van der Waals surface area contributed by atoms with Crippen LogP contribution >= 0.6 is 0 Å². The first-order valence-electron chi connectivity index (χ1n) is 8.39. The summed E-state index contributed by atoms with van der Waals surface area (Å²) >= 11 is 0. The number of nitrogens with two attached hydrogens (primary N) is 4. The zero-order valence-corrected chi connectivity index (χ0v) is 15.5. The van der Waals surface area contributed by atoms with Gasteiger partial charge in [-0.2, -0.15) is 29.9 Å². The molecule has 0 aliphatic carbocycles. The molecule has 2 aromatic heterocycles. The van der Waals surface area contributed by atoms with Crippen molar-refractivity contribution >= 4 is 23.8 Å². The van der Waals surface area contributed by atoms with Crippen molar-refractivity contribution in [2.75, 3.05) is 22.9 Å². The van der Waals surface area contributed by atoms with Gasteiger partial charge in [0.2, 0.25) is 23.8 Å². The van der Waals surface area contributed by atoms with Gasteiger partial charge >= 0.3 is 0 Å². The van der Waals surface area contributed by atoms with Crippen LogP contribution in [0.2, 0.25) is 0 Å². The van der Waals surface area contributed by atoms with Crippen molar-refractivity contribution < 1.29 is 10.2 Å². The Morgan fingerprint density at radius 3 is 1.63 bits per heavy atom. The molecule has 0 radical (unpaired) electrons. The lowest BCUT2D eigenvalue weighted by atomic mass is 10.1. The first kappa shape index (κ1) is 20.2. The van der Waals surface area contributed by atoms with E-state index in [1.165, 1.54) is 0 Å². The molecule has 4 rings (SSSR count). The number of nitrogen functional groups attached to an aromatic ring is 4. The van der Waals surface area contributed by atoms with Gasteiger partial charge in [0.15, 0.2) is 11.6 Å². The van der Waals surface area contributed by atoms with Gasteiger partial charge in [-0.25, -0.2) is 0 Å². The Morgan fingerprint density at radius 1 is 0.567 bits per heavy atom. The maximum Gasteiger partial charge on any atom is 0.225 e. The molecule has 0 bridgehead atoms. The first-order chi connectivity index (χ1) is 14.0. The fourth-order valence-electron chi connectivity index (χ4n) is 2.61. The number of benzene rings is 2. The highest BCUT2D eigenvalue weighted by Crippen LogP contribution is 2.32. The minimum atomic E-state index is 0. The molecule has 4 aromatic rings. The van der Waals surface area contributed by atoms with Crippen LogP contribution in [-0.2, 0) is 0 Å². The van der Waals surface area contributed by atoms with Gasteiger partial charge in [0.1, 0.15) is 11.5 Å². The number of anilines is 4. The molecule has 12 heteroatoms. The smallest absolute Gasteiger partial charge is 0.225 e. The van der Waals surface area contributed by atoms with E-state index in [0.717, 1.165) is 0 Å². The Morgan fingerprint density at radius 2 is 1.07 bits per heavy atom. The van der Waals surface area contributed by atoms with E-state index in [2.05, 4.69) is 29.9 Å². The number of para-hydroxylation sites is 1. The van der Waals surface area contributed by atoms with Gasteiger partial charge in [-0.1, -0.05) is 12.1 Å². The second kappa shape index (κ2) is 8.20. The topological polar surface area (TPSA) is 222 Å². The molecule has 30 heavy (non-hydrogen) atoms. The van der Waals surface area contributed by atoms with E-state index in [0.29, 0.717) is 34.3 Å². The molecule has 0 aliphatic rings. The van der Waals surface area contributed by atoms with Crippen molar-refractivity contribution in [2.45, 2.75) is 0 Å². The predicted molar refractivity (Wildman–Crippen MR) is 112 cm³/mol. The van der Waals surface area contributed by atoms with E-state index in [1.54, 1.807) is 36.4 Å². The third-order valence-corrected chi connectivity index (χ3v) is 3.81.